The van der Waals surface area contributed by atoms with Crippen molar-refractivity contribution in [1.29, 1.82) is 5.26 Å². The first-order valence-electron chi connectivity index (χ1n) is 6.07. The third-order valence-corrected chi connectivity index (χ3v) is 3.26. The summed E-state index contributed by atoms with van der Waals surface area (Å²) in [5.74, 6) is -0.806. The molecule has 3 N–H and O–H groups in total. The molecule has 0 saturated carbocycles. The van der Waals surface area contributed by atoms with Crippen molar-refractivity contribution in [2.24, 2.45) is 0 Å². The zero-order valence-electron chi connectivity index (χ0n) is 10.4. The summed E-state index contributed by atoms with van der Waals surface area (Å²) >= 11 is 0. The highest BCUT2D eigenvalue weighted by molar-refractivity contribution is 6.09. The first kappa shape index (κ1) is 13.3. The minimum absolute atomic E-state index is 0.194. The maximum Gasteiger partial charge on any atom is 0.325 e. The molecule has 1 atom stereocenters. The summed E-state index contributed by atoms with van der Waals surface area (Å²) in [6.07, 6.45) is 0.726. The Morgan fingerprint density at radius 1 is 1.53 bits per heavy atom. The summed E-state index contributed by atoms with van der Waals surface area (Å²) in [6.45, 7) is 0.960. The third kappa shape index (κ3) is 2.51. The van der Waals surface area contributed by atoms with Gasteiger partial charge in [0.1, 0.15) is 12.1 Å². The zero-order chi connectivity index (χ0) is 13.9. The molecule has 8 heteroatoms. The van der Waals surface area contributed by atoms with Gasteiger partial charge in [0.05, 0.1) is 12.5 Å². The molecule has 19 heavy (non-hydrogen) atoms. The average molecular weight is 265 g/mol. The Bertz CT molecular complexity index is 450. The van der Waals surface area contributed by atoms with Crippen molar-refractivity contribution in [3.8, 4) is 6.07 Å². The predicted octanol–water partition coefficient (Wildman–Crippen LogP) is -1.70. The number of imide groups is 1. The van der Waals surface area contributed by atoms with Crippen LogP contribution in [-0.4, -0.2) is 54.5 Å². The molecule has 0 radical (unpaired) electrons. The van der Waals surface area contributed by atoms with E-state index in [1.807, 2.05) is 6.07 Å². The number of nitrogens with one attached hydrogen (secondary N) is 3. The van der Waals surface area contributed by atoms with Crippen LogP contribution in [0, 0.1) is 11.3 Å². The molecule has 0 aromatic heterocycles. The van der Waals surface area contributed by atoms with Crippen LogP contribution in [0.2, 0.25) is 0 Å². The van der Waals surface area contributed by atoms with E-state index in [4.69, 9.17) is 5.26 Å². The first-order chi connectivity index (χ1) is 9.09. The van der Waals surface area contributed by atoms with Gasteiger partial charge in [0.25, 0.3) is 5.91 Å². The molecule has 2 fully saturated rings. The van der Waals surface area contributed by atoms with Gasteiger partial charge in [-0.1, -0.05) is 0 Å². The largest absolute Gasteiger partial charge is 0.354 e. The van der Waals surface area contributed by atoms with E-state index in [2.05, 4.69) is 16.0 Å². The number of hydrogen-bond acceptors (Lipinski definition) is 5. The lowest BCUT2D eigenvalue weighted by Gasteiger charge is -2.18. The van der Waals surface area contributed by atoms with Crippen LogP contribution in [0.3, 0.4) is 0 Å². The molecule has 2 saturated heterocycles. The number of nitriles is 1. The van der Waals surface area contributed by atoms with Crippen molar-refractivity contribution in [2.75, 3.05) is 26.2 Å². The molecule has 4 amide bonds. The van der Waals surface area contributed by atoms with Crippen LogP contribution in [0.1, 0.15) is 12.8 Å². The predicted molar refractivity (Wildman–Crippen MR) is 63.7 cm³/mol. The molecule has 8 nitrogen and oxygen atoms in total. The lowest BCUT2D eigenvalue weighted by atomic mass is 9.99. The highest BCUT2D eigenvalue weighted by atomic mass is 16.2. The third-order valence-electron chi connectivity index (χ3n) is 3.26. The molecule has 2 aliphatic heterocycles. The molecule has 0 bridgehead atoms. The second-order valence-electron chi connectivity index (χ2n) is 4.59. The van der Waals surface area contributed by atoms with E-state index in [1.54, 1.807) is 0 Å². The Balaban J connectivity index is 1.94. The normalized spacial score (nSPS) is 25.5. The molecular weight excluding hydrogens is 250 g/mol. The van der Waals surface area contributed by atoms with Crippen LogP contribution < -0.4 is 16.0 Å². The van der Waals surface area contributed by atoms with Crippen LogP contribution in [0.4, 0.5) is 4.79 Å². The Morgan fingerprint density at radius 2 is 2.32 bits per heavy atom. The monoisotopic (exact) mass is 265 g/mol. The van der Waals surface area contributed by atoms with Gasteiger partial charge in [0.15, 0.2) is 0 Å². The molecule has 1 unspecified atom stereocenters. The van der Waals surface area contributed by atoms with Crippen molar-refractivity contribution in [2.45, 2.75) is 18.4 Å². The number of hydrogen-bond donors (Lipinski definition) is 3. The van der Waals surface area contributed by atoms with Crippen molar-refractivity contribution >= 4 is 17.8 Å². The van der Waals surface area contributed by atoms with Gasteiger partial charge in [-0.3, -0.25) is 14.5 Å². The number of rotatable bonds is 4. The first-order valence-corrected chi connectivity index (χ1v) is 6.07. The number of amides is 4. The highest BCUT2D eigenvalue weighted by Crippen LogP contribution is 2.23. The van der Waals surface area contributed by atoms with E-state index < -0.39 is 17.5 Å². The summed E-state index contributed by atoms with van der Waals surface area (Å²) in [4.78, 5) is 36.4. The lowest BCUT2D eigenvalue weighted by Crippen LogP contribution is -2.49. The van der Waals surface area contributed by atoms with Crippen LogP contribution >= 0.6 is 0 Å². The number of urea groups is 1. The van der Waals surface area contributed by atoms with Crippen molar-refractivity contribution < 1.29 is 14.4 Å². The van der Waals surface area contributed by atoms with E-state index in [0.29, 0.717) is 19.5 Å². The SMILES string of the molecule is N#CCCNC(=O)CN1C(=O)NC2(CCNC2)C1=O. The average Bonchev–Trinajstić information content (AvgIpc) is 2.92. The summed E-state index contributed by atoms with van der Waals surface area (Å²) in [7, 11) is 0. The molecule has 0 aromatic carbocycles. The van der Waals surface area contributed by atoms with Gasteiger partial charge in [-0.25, -0.2) is 4.79 Å². The molecule has 0 aliphatic carbocycles. The second-order valence-corrected chi connectivity index (χ2v) is 4.59. The van der Waals surface area contributed by atoms with Gasteiger partial charge in [0, 0.05) is 13.1 Å². The lowest BCUT2D eigenvalue weighted by molar-refractivity contribution is -0.134. The van der Waals surface area contributed by atoms with Gasteiger partial charge >= 0.3 is 6.03 Å². The Hall–Kier alpha value is -2.14. The van der Waals surface area contributed by atoms with Crippen molar-refractivity contribution in [3.05, 3.63) is 0 Å². The number of carbonyl (C=O) groups excluding carboxylic acids is 3. The molecule has 2 heterocycles. The molecule has 2 aliphatic rings. The molecular formula is C11H15N5O3. The van der Waals surface area contributed by atoms with Gasteiger partial charge in [0.2, 0.25) is 5.91 Å². The van der Waals surface area contributed by atoms with E-state index in [9.17, 15) is 14.4 Å². The fraction of sp³-hybridized carbons (Fsp3) is 0.636. The molecule has 2 rings (SSSR count). The van der Waals surface area contributed by atoms with E-state index in [-0.39, 0.29) is 25.4 Å². The van der Waals surface area contributed by atoms with Crippen molar-refractivity contribution in [3.63, 3.8) is 0 Å². The summed E-state index contributed by atoms with van der Waals surface area (Å²) in [6, 6.07) is 1.35. The maximum atomic E-state index is 12.2. The maximum absolute atomic E-state index is 12.2. The highest BCUT2D eigenvalue weighted by Gasteiger charge is 2.52. The van der Waals surface area contributed by atoms with Gasteiger partial charge in [-0.2, -0.15) is 5.26 Å². The van der Waals surface area contributed by atoms with Crippen LogP contribution in [0.15, 0.2) is 0 Å². The standard InChI is InChI=1S/C11H15N5O3/c12-3-1-4-14-8(17)6-16-9(18)11(15-10(16)19)2-5-13-7-11/h13H,1-2,4-7H2,(H,14,17)(H,15,19). The quantitative estimate of drug-likeness (QED) is 0.414. The second kappa shape index (κ2) is 5.24. The molecule has 102 valence electrons. The fourth-order valence-corrected chi connectivity index (χ4v) is 2.26. The fourth-order valence-electron chi connectivity index (χ4n) is 2.26. The van der Waals surface area contributed by atoms with E-state index >= 15 is 0 Å². The Kier molecular flexibility index (Phi) is 3.66. The molecule has 1 spiro atoms. The Morgan fingerprint density at radius 3 is 2.95 bits per heavy atom. The summed E-state index contributed by atoms with van der Waals surface area (Å²) in [5, 5.41) is 16.5. The van der Waals surface area contributed by atoms with Crippen LogP contribution in [-0.2, 0) is 9.59 Å². The smallest absolute Gasteiger partial charge is 0.325 e. The number of carbonyl (C=O) groups is 3. The minimum atomic E-state index is -0.885. The number of nitrogens with zero attached hydrogens (tertiary/aromatic N) is 2. The van der Waals surface area contributed by atoms with E-state index in [0.717, 1.165) is 4.90 Å². The summed E-state index contributed by atoms with van der Waals surface area (Å²) in [5.41, 5.74) is -0.885. The minimum Gasteiger partial charge on any atom is -0.354 e. The van der Waals surface area contributed by atoms with Crippen molar-refractivity contribution in [1.82, 2.24) is 20.9 Å². The zero-order valence-corrected chi connectivity index (χ0v) is 10.4. The van der Waals surface area contributed by atoms with Crippen LogP contribution in [0.5, 0.6) is 0 Å². The van der Waals surface area contributed by atoms with Gasteiger partial charge in [-0.15, -0.1) is 0 Å². The molecule has 0 aromatic rings. The van der Waals surface area contributed by atoms with Gasteiger partial charge in [-0.05, 0) is 13.0 Å². The van der Waals surface area contributed by atoms with Crippen LogP contribution in [0.25, 0.3) is 0 Å². The summed E-state index contributed by atoms with van der Waals surface area (Å²) < 4.78 is 0. The topological polar surface area (TPSA) is 114 Å². The Labute approximate surface area is 110 Å². The van der Waals surface area contributed by atoms with E-state index in [1.165, 1.54) is 0 Å². The van der Waals surface area contributed by atoms with Gasteiger partial charge < -0.3 is 16.0 Å².